The lowest BCUT2D eigenvalue weighted by molar-refractivity contribution is -0.219. The van der Waals surface area contributed by atoms with Crippen LogP contribution in [0.5, 0.6) is 0 Å². The number of benzene rings is 1. The summed E-state index contributed by atoms with van der Waals surface area (Å²) in [5, 5.41) is 24.5. The van der Waals surface area contributed by atoms with Crippen LogP contribution in [0.15, 0.2) is 54.1 Å². The molecule has 3 fully saturated rings. The fourth-order valence-corrected chi connectivity index (χ4v) is 8.69. The van der Waals surface area contributed by atoms with E-state index in [1.807, 2.05) is 30.3 Å². The number of Topliss-reactive ketones (excluding diaryl/α,β-unsaturated/α-hetero) is 1. The quantitative estimate of drug-likeness (QED) is 0.512. The predicted molar refractivity (Wildman–Crippen MR) is 142 cm³/mol. The Hall–Kier alpha value is -2.84. The summed E-state index contributed by atoms with van der Waals surface area (Å²) in [7, 11) is 0. The fourth-order valence-electron chi connectivity index (χ4n) is 8.69. The zero-order valence-corrected chi connectivity index (χ0v) is 22.9. The van der Waals surface area contributed by atoms with E-state index in [0.717, 1.165) is 5.56 Å². The number of fused-ring (bicyclic) bond motifs is 5. The number of nitrogens with one attached hydrogen (secondary N) is 1. The molecule has 9 atom stereocenters. The van der Waals surface area contributed by atoms with Crippen molar-refractivity contribution in [3.63, 3.8) is 0 Å². The highest BCUT2D eigenvalue weighted by Crippen LogP contribution is 2.71. The smallest absolute Gasteiger partial charge is 0.408 e. The molecule has 0 heterocycles. The molecule has 0 aromatic heterocycles. The number of ketones is 2. The van der Waals surface area contributed by atoms with Crippen LogP contribution in [0.2, 0.25) is 0 Å². The van der Waals surface area contributed by atoms with E-state index >= 15 is 4.39 Å². The molecule has 0 radical (unpaired) electrons. The second-order valence-electron chi connectivity index (χ2n) is 12.4. The van der Waals surface area contributed by atoms with Gasteiger partial charge in [0.1, 0.15) is 6.61 Å². The molecule has 1 aromatic carbocycles. The number of hydrogen-bond donors (Lipinski definition) is 3. The lowest BCUT2D eigenvalue weighted by Gasteiger charge is -2.62. The Morgan fingerprint density at radius 1 is 1.21 bits per heavy atom. The van der Waals surface area contributed by atoms with Crippen LogP contribution < -0.4 is 5.32 Å². The normalized spacial score (nSPS) is 41.5. The van der Waals surface area contributed by atoms with Crippen molar-refractivity contribution in [2.75, 3.05) is 6.61 Å². The molecule has 3 N–H and O–H groups in total. The Bertz CT molecular complexity index is 1250. The van der Waals surface area contributed by atoms with E-state index in [4.69, 9.17) is 4.74 Å². The molecule has 0 spiro atoms. The SMILES string of the molecule is C[C@@H](NC(=O)O[C@@]1(C(=O)CO)[C@@H](C)CC2C3CCC4=CC(=O)C=C[C@]4(C)C3(F)[C@@H](O)C[C@@]21C)c1ccccc1. The minimum atomic E-state index is -2.07. The van der Waals surface area contributed by atoms with Gasteiger partial charge in [0.25, 0.3) is 0 Å². The molecule has 8 heteroatoms. The summed E-state index contributed by atoms with van der Waals surface area (Å²) in [5.74, 6) is -2.40. The van der Waals surface area contributed by atoms with Crippen molar-refractivity contribution in [2.45, 2.75) is 76.8 Å². The number of amides is 1. The highest BCUT2D eigenvalue weighted by Gasteiger charge is 2.77. The van der Waals surface area contributed by atoms with Crippen molar-refractivity contribution in [2.24, 2.45) is 28.6 Å². The lowest BCUT2D eigenvalue weighted by atomic mass is 9.44. The molecule has 5 rings (SSSR count). The molecule has 0 saturated heterocycles. The molecule has 1 amide bonds. The molecular formula is C31H38FNO6. The first-order chi connectivity index (χ1) is 18.3. The Morgan fingerprint density at radius 3 is 2.56 bits per heavy atom. The minimum absolute atomic E-state index is 0.132. The third kappa shape index (κ3) is 3.70. The van der Waals surface area contributed by atoms with Crippen LogP contribution in [0.3, 0.4) is 0 Å². The summed E-state index contributed by atoms with van der Waals surface area (Å²) >= 11 is 0. The molecule has 0 aliphatic heterocycles. The van der Waals surface area contributed by atoms with Crippen molar-refractivity contribution >= 4 is 17.7 Å². The molecule has 1 aromatic rings. The van der Waals surface area contributed by atoms with E-state index < -0.39 is 70.5 Å². The highest BCUT2D eigenvalue weighted by atomic mass is 19.1. The third-order valence-corrected chi connectivity index (χ3v) is 10.6. The van der Waals surface area contributed by atoms with Gasteiger partial charge in [-0.3, -0.25) is 9.59 Å². The van der Waals surface area contributed by atoms with Crippen LogP contribution in [0.1, 0.15) is 65.0 Å². The zero-order valence-electron chi connectivity index (χ0n) is 22.9. The zero-order chi connectivity index (χ0) is 28.4. The van der Waals surface area contributed by atoms with Crippen molar-refractivity contribution in [1.82, 2.24) is 5.32 Å². The molecule has 4 aliphatic rings. The predicted octanol–water partition coefficient (Wildman–Crippen LogP) is 4.39. The number of carbonyl (C=O) groups excluding carboxylic acids is 3. The average molecular weight is 540 g/mol. The summed E-state index contributed by atoms with van der Waals surface area (Å²) in [5.41, 5.74) is -4.57. The van der Waals surface area contributed by atoms with Crippen molar-refractivity contribution < 1.29 is 33.7 Å². The molecule has 3 saturated carbocycles. The van der Waals surface area contributed by atoms with Crippen LogP contribution in [-0.2, 0) is 14.3 Å². The van der Waals surface area contributed by atoms with E-state index in [0.29, 0.717) is 24.8 Å². The molecule has 0 bridgehead atoms. The number of hydrogen-bond acceptors (Lipinski definition) is 6. The standard InChI is InChI=1S/C31H38FNO6/c1-18-14-24-23-11-10-21-15-22(35)12-13-28(21,3)30(23,32)25(36)16-29(24,4)31(18,26(37)17-34)39-27(38)33-19(2)20-8-6-5-7-9-20/h5-9,12-13,15,18-19,23-25,34,36H,10-11,14,16-17H2,1-4H3,(H,33,38)/t18-,19+,23?,24?,25-,28-,29-,30?,31+/m0/s1. The van der Waals surface area contributed by atoms with Crippen molar-refractivity contribution in [1.29, 1.82) is 0 Å². The number of alkyl carbamates (subject to hydrolysis) is 1. The summed E-state index contributed by atoms with van der Waals surface area (Å²) < 4.78 is 23.5. The number of rotatable bonds is 5. The first-order valence-corrected chi connectivity index (χ1v) is 13.8. The number of allylic oxidation sites excluding steroid dienone is 4. The summed E-state index contributed by atoms with van der Waals surface area (Å²) in [6.45, 7) is 6.29. The second-order valence-corrected chi connectivity index (χ2v) is 12.4. The van der Waals surface area contributed by atoms with Gasteiger partial charge in [0.15, 0.2) is 17.1 Å². The van der Waals surface area contributed by atoms with Crippen LogP contribution in [0, 0.1) is 28.6 Å². The molecule has 4 aliphatic carbocycles. The fraction of sp³-hybridized carbons (Fsp3) is 0.581. The monoisotopic (exact) mass is 539 g/mol. The van der Waals surface area contributed by atoms with Gasteiger partial charge in [-0.15, -0.1) is 0 Å². The highest BCUT2D eigenvalue weighted by molar-refractivity contribution is 6.01. The molecule has 39 heavy (non-hydrogen) atoms. The van der Waals surface area contributed by atoms with Crippen molar-refractivity contribution in [3.05, 3.63) is 59.7 Å². The Balaban J connectivity index is 1.52. The summed E-state index contributed by atoms with van der Waals surface area (Å²) in [6.07, 6.45) is 3.29. The summed E-state index contributed by atoms with van der Waals surface area (Å²) in [6, 6.07) is 8.92. The number of carbonyl (C=O) groups is 3. The lowest BCUT2D eigenvalue weighted by Crippen LogP contribution is -2.70. The maximum absolute atomic E-state index is 17.4. The van der Waals surface area contributed by atoms with Gasteiger partial charge in [-0.05, 0) is 63.2 Å². The maximum Gasteiger partial charge on any atom is 0.408 e. The number of ether oxygens (including phenoxy) is 1. The van der Waals surface area contributed by atoms with Crippen LogP contribution in [0.4, 0.5) is 9.18 Å². The first-order valence-electron chi connectivity index (χ1n) is 13.8. The Labute approximate surface area is 228 Å². The molecule has 3 unspecified atom stereocenters. The van der Waals surface area contributed by atoms with Gasteiger partial charge >= 0.3 is 6.09 Å². The van der Waals surface area contributed by atoms with Crippen LogP contribution >= 0.6 is 0 Å². The van der Waals surface area contributed by atoms with Crippen molar-refractivity contribution in [3.8, 4) is 0 Å². The minimum Gasteiger partial charge on any atom is -0.434 e. The third-order valence-electron chi connectivity index (χ3n) is 10.6. The second kappa shape index (κ2) is 9.37. The van der Waals surface area contributed by atoms with E-state index in [-0.39, 0.29) is 12.2 Å². The molecular weight excluding hydrogens is 501 g/mol. The van der Waals surface area contributed by atoms with Crippen LogP contribution in [-0.4, -0.2) is 51.9 Å². The topological polar surface area (TPSA) is 113 Å². The Kier molecular flexibility index (Phi) is 6.66. The van der Waals surface area contributed by atoms with Gasteiger partial charge in [-0.2, -0.15) is 0 Å². The van der Waals surface area contributed by atoms with E-state index in [1.54, 1.807) is 33.8 Å². The molecule has 210 valence electrons. The van der Waals surface area contributed by atoms with Gasteiger partial charge in [0.05, 0.1) is 12.1 Å². The van der Waals surface area contributed by atoms with E-state index in [9.17, 15) is 24.6 Å². The number of alkyl halides is 1. The number of aliphatic hydroxyl groups is 2. The largest absolute Gasteiger partial charge is 0.434 e. The summed E-state index contributed by atoms with van der Waals surface area (Å²) in [4.78, 5) is 39.0. The van der Waals surface area contributed by atoms with Crippen LogP contribution in [0.25, 0.3) is 0 Å². The van der Waals surface area contributed by atoms with Gasteiger partial charge in [0, 0.05) is 22.7 Å². The Morgan fingerprint density at radius 2 is 1.90 bits per heavy atom. The number of aliphatic hydroxyl groups excluding tert-OH is 2. The first kappa shape index (κ1) is 27.7. The van der Waals surface area contributed by atoms with Gasteiger partial charge in [0.2, 0.25) is 5.78 Å². The van der Waals surface area contributed by atoms with E-state index in [1.165, 1.54) is 12.2 Å². The average Bonchev–Trinajstić information content (AvgIpc) is 3.12. The van der Waals surface area contributed by atoms with Gasteiger partial charge < -0.3 is 20.3 Å². The van der Waals surface area contributed by atoms with Gasteiger partial charge in [-0.1, -0.05) is 55.8 Å². The van der Waals surface area contributed by atoms with Gasteiger partial charge in [-0.25, -0.2) is 9.18 Å². The maximum atomic E-state index is 17.4. The number of halogens is 1. The van der Waals surface area contributed by atoms with E-state index in [2.05, 4.69) is 5.32 Å². The molecule has 7 nitrogen and oxygen atoms in total.